The van der Waals surface area contributed by atoms with Crippen molar-refractivity contribution in [3.8, 4) is 5.75 Å². The average molecular weight is 269 g/mol. The van der Waals surface area contributed by atoms with Gasteiger partial charge in [-0.2, -0.15) is 0 Å². The molecule has 1 fully saturated rings. The van der Waals surface area contributed by atoms with E-state index in [1.165, 1.54) is 0 Å². The molecule has 18 heavy (non-hydrogen) atoms. The van der Waals surface area contributed by atoms with Gasteiger partial charge in [0.2, 0.25) is 0 Å². The molecule has 1 aromatic carbocycles. The summed E-state index contributed by atoms with van der Waals surface area (Å²) < 4.78 is 5.38. The van der Waals surface area contributed by atoms with Crippen molar-refractivity contribution in [1.82, 2.24) is 5.32 Å². The highest BCUT2D eigenvalue weighted by Gasteiger charge is 2.23. The van der Waals surface area contributed by atoms with Gasteiger partial charge in [-0.05, 0) is 37.5 Å². The van der Waals surface area contributed by atoms with Crippen molar-refractivity contribution in [1.29, 1.82) is 0 Å². The third-order valence-corrected chi connectivity index (χ3v) is 3.08. The third-order valence-electron chi connectivity index (χ3n) is 2.78. The molecular weight excluding hydrogens is 252 g/mol. The lowest BCUT2D eigenvalue weighted by Crippen LogP contribution is -2.30. The van der Waals surface area contributed by atoms with Crippen molar-refractivity contribution in [3.05, 3.63) is 28.8 Å². The molecule has 1 atom stereocenters. The number of benzene rings is 1. The zero-order valence-electron chi connectivity index (χ0n) is 10.3. The lowest BCUT2D eigenvalue weighted by Gasteiger charge is -2.11. The Hall–Kier alpha value is -1.26. The van der Waals surface area contributed by atoms with Crippen molar-refractivity contribution in [2.45, 2.75) is 31.8 Å². The van der Waals surface area contributed by atoms with Gasteiger partial charge >= 0.3 is 0 Å². The van der Waals surface area contributed by atoms with E-state index >= 15 is 0 Å². The SMILES string of the molecule is C[C@H](N)c1ccc(OCC(=O)NC2CC2)c(Cl)c1. The summed E-state index contributed by atoms with van der Waals surface area (Å²) >= 11 is 6.06. The predicted octanol–water partition coefficient (Wildman–Crippen LogP) is 2.02. The van der Waals surface area contributed by atoms with E-state index in [1.807, 2.05) is 13.0 Å². The Morgan fingerprint density at radius 3 is 2.89 bits per heavy atom. The third kappa shape index (κ3) is 3.62. The highest BCUT2D eigenvalue weighted by Crippen LogP contribution is 2.27. The second kappa shape index (κ2) is 5.59. The highest BCUT2D eigenvalue weighted by molar-refractivity contribution is 6.32. The number of rotatable bonds is 5. The normalized spacial score (nSPS) is 16.2. The molecule has 0 bridgehead atoms. The first-order valence-corrected chi connectivity index (χ1v) is 6.41. The summed E-state index contributed by atoms with van der Waals surface area (Å²) in [5, 5.41) is 3.32. The lowest BCUT2D eigenvalue weighted by molar-refractivity contribution is -0.123. The molecule has 1 aliphatic rings. The lowest BCUT2D eigenvalue weighted by atomic mass is 10.1. The van der Waals surface area contributed by atoms with Gasteiger partial charge in [0.1, 0.15) is 5.75 Å². The molecule has 5 heteroatoms. The standard InChI is InChI=1S/C13H17ClN2O2/c1-8(15)9-2-5-12(11(14)6-9)18-7-13(17)16-10-3-4-10/h2,5-6,8,10H,3-4,7,15H2,1H3,(H,16,17)/t8-/m0/s1. The quantitative estimate of drug-likeness (QED) is 0.859. The number of amides is 1. The zero-order chi connectivity index (χ0) is 13.1. The van der Waals surface area contributed by atoms with Crippen LogP contribution in [-0.4, -0.2) is 18.6 Å². The average Bonchev–Trinajstić information content (AvgIpc) is 3.11. The van der Waals surface area contributed by atoms with Crippen LogP contribution in [-0.2, 0) is 4.79 Å². The molecule has 0 radical (unpaired) electrons. The molecular formula is C13H17ClN2O2. The van der Waals surface area contributed by atoms with E-state index < -0.39 is 0 Å². The number of hydrogen-bond acceptors (Lipinski definition) is 3. The molecule has 1 saturated carbocycles. The van der Waals surface area contributed by atoms with Crippen molar-refractivity contribution < 1.29 is 9.53 Å². The maximum absolute atomic E-state index is 11.5. The molecule has 1 aliphatic carbocycles. The zero-order valence-corrected chi connectivity index (χ0v) is 11.0. The van der Waals surface area contributed by atoms with Crippen LogP contribution in [0, 0.1) is 0 Å². The van der Waals surface area contributed by atoms with Gasteiger partial charge in [0, 0.05) is 12.1 Å². The smallest absolute Gasteiger partial charge is 0.258 e. The van der Waals surface area contributed by atoms with E-state index in [2.05, 4.69) is 5.32 Å². The van der Waals surface area contributed by atoms with E-state index in [9.17, 15) is 4.79 Å². The van der Waals surface area contributed by atoms with Crippen molar-refractivity contribution in [2.24, 2.45) is 5.73 Å². The van der Waals surface area contributed by atoms with E-state index in [1.54, 1.807) is 12.1 Å². The van der Waals surface area contributed by atoms with E-state index in [-0.39, 0.29) is 18.6 Å². The summed E-state index contributed by atoms with van der Waals surface area (Å²) in [5.41, 5.74) is 6.69. The minimum atomic E-state index is -0.107. The van der Waals surface area contributed by atoms with Gasteiger partial charge in [-0.3, -0.25) is 4.79 Å². The molecule has 0 heterocycles. The molecule has 4 nitrogen and oxygen atoms in total. The Bertz CT molecular complexity index is 445. The summed E-state index contributed by atoms with van der Waals surface area (Å²) in [6, 6.07) is 5.63. The minimum Gasteiger partial charge on any atom is -0.482 e. The number of hydrogen-bond donors (Lipinski definition) is 2. The Balaban J connectivity index is 1.90. The highest BCUT2D eigenvalue weighted by atomic mass is 35.5. The van der Waals surface area contributed by atoms with Crippen molar-refractivity contribution in [3.63, 3.8) is 0 Å². The van der Waals surface area contributed by atoms with Gasteiger partial charge in [0.25, 0.3) is 5.91 Å². The molecule has 0 unspecified atom stereocenters. The number of ether oxygens (including phenoxy) is 1. The largest absolute Gasteiger partial charge is 0.482 e. The van der Waals surface area contributed by atoms with E-state index in [4.69, 9.17) is 22.1 Å². The molecule has 0 aromatic heterocycles. The first-order chi connectivity index (χ1) is 8.56. The number of carbonyl (C=O) groups is 1. The van der Waals surface area contributed by atoms with Crippen LogP contribution in [0.2, 0.25) is 5.02 Å². The Morgan fingerprint density at radius 1 is 1.61 bits per heavy atom. The maximum Gasteiger partial charge on any atom is 0.258 e. The van der Waals surface area contributed by atoms with Crippen LogP contribution in [0.3, 0.4) is 0 Å². The maximum atomic E-state index is 11.5. The molecule has 0 spiro atoms. The summed E-state index contributed by atoms with van der Waals surface area (Å²) in [7, 11) is 0. The molecule has 1 aromatic rings. The Kier molecular flexibility index (Phi) is 4.09. The molecule has 1 amide bonds. The van der Waals surface area contributed by atoms with Gasteiger partial charge in [-0.15, -0.1) is 0 Å². The summed E-state index contributed by atoms with van der Waals surface area (Å²) in [6.45, 7) is 1.88. The van der Waals surface area contributed by atoms with Gasteiger partial charge in [-0.1, -0.05) is 17.7 Å². The Labute approximate surface area is 111 Å². The fourth-order valence-electron chi connectivity index (χ4n) is 1.56. The fraction of sp³-hybridized carbons (Fsp3) is 0.462. The van der Waals surface area contributed by atoms with Crippen LogP contribution in [0.15, 0.2) is 18.2 Å². The number of carbonyl (C=O) groups excluding carboxylic acids is 1. The van der Waals surface area contributed by atoms with Crippen LogP contribution in [0.4, 0.5) is 0 Å². The number of nitrogens with two attached hydrogens (primary N) is 1. The summed E-state index contributed by atoms with van der Waals surface area (Å²) in [5.74, 6) is 0.400. The van der Waals surface area contributed by atoms with E-state index in [0.29, 0.717) is 16.8 Å². The van der Waals surface area contributed by atoms with Crippen molar-refractivity contribution >= 4 is 17.5 Å². The number of nitrogens with one attached hydrogen (secondary N) is 1. The second-order valence-corrected chi connectivity index (χ2v) is 5.02. The summed E-state index contributed by atoms with van der Waals surface area (Å²) in [4.78, 5) is 11.5. The van der Waals surface area contributed by atoms with Gasteiger partial charge in [0.15, 0.2) is 6.61 Å². The van der Waals surface area contributed by atoms with E-state index in [0.717, 1.165) is 18.4 Å². The van der Waals surface area contributed by atoms with Crippen LogP contribution < -0.4 is 15.8 Å². The topological polar surface area (TPSA) is 64.3 Å². The van der Waals surface area contributed by atoms with Crippen LogP contribution in [0.25, 0.3) is 0 Å². The van der Waals surface area contributed by atoms with Crippen LogP contribution in [0.1, 0.15) is 31.4 Å². The monoisotopic (exact) mass is 268 g/mol. The van der Waals surface area contributed by atoms with Gasteiger partial charge in [-0.25, -0.2) is 0 Å². The fourth-order valence-corrected chi connectivity index (χ4v) is 1.80. The molecule has 0 saturated heterocycles. The molecule has 98 valence electrons. The molecule has 3 N–H and O–H groups in total. The summed E-state index contributed by atoms with van der Waals surface area (Å²) in [6.07, 6.45) is 2.13. The molecule has 2 rings (SSSR count). The van der Waals surface area contributed by atoms with Gasteiger partial charge in [0.05, 0.1) is 5.02 Å². The Morgan fingerprint density at radius 2 is 2.33 bits per heavy atom. The predicted molar refractivity (Wildman–Crippen MR) is 70.7 cm³/mol. The second-order valence-electron chi connectivity index (χ2n) is 4.61. The van der Waals surface area contributed by atoms with Crippen molar-refractivity contribution in [2.75, 3.05) is 6.61 Å². The molecule has 0 aliphatic heterocycles. The van der Waals surface area contributed by atoms with Gasteiger partial charge < -0.3 is 15.8 Å². The minimum absolute atomic E-state index is 0.00621. The first kappa shape index (κ1) is 13.2. The van der Waals surface area contributed by atoms with Crippen LogP contribution in [0.5, 0.6) is 5.75 Å². The number of halogens is 1. The first-order valence-electron chi connectivity index (χ1n) is 6.03. The van der Waals surface area contributed by atoms with Crippen LogP contribution >= 0.6 is 11.6 Å².